The van der Waals surface area contributed by atoms with E-state index in [0.29, 0.717) is 31.4 Å². The minimum atomic E-state index is -0.315. The molecule has 0 radical (unpaired) electrons. The number of aliphatic hydroxyl groups excluding tert-OH is 1. The SMILES string of the molecule is Cc1c(C(=O)N2CCOC[C@@H]2[C@@H]2CCC[C@@H]2O)cnn1C1CCCC1. The van der Waals surface area contributed by atoms with Crippen LogP contribution in [0.4, 0.5) is 0 Å². The summed E-state index contributed by atoms with van der Waals surface area (Å²) in [6, 6.07) is 0.423. The molecule has 3 aliphatic rings. The van der Waals surface area contributed by atoms with Gasteiger partial charge in [-0.25, -0.2) is 0 Å². The van der Waals surface area contributed by atoms with Crippen LogP contribution in [0, 0.1) is 12.8 Å². The van der Waals surface area contributed by atoms with Crippen LogP contribution in [0.1, 0.15) is 67.0 Å². The maximum atomic E-state index is 13.3. The van der Waals surface area contributed by atoms with Crippen molar-refractivity contribution in [1.82, 2.24) is 14.7 Å². The average molecular weight is 347 g/mol. The molecule has 1 aromatic heterocycles. The van der Waals surface area contributed by atoms with Crippen LogP contribution >= 0.6 is 0 Å². The van der Waals surface area contributed by atoms with Crippen LogP contribution in [-0.2, 0) is 4.74 Å². The fraction of sp³-hybridized carbons (Fsp3) is 0.789. The summed E-state index contributed by atoms with van der Waals surface area (Å²) >= 11 is 0. The van der Waals surface area contributed by atoms with Gasteiger partial charge in [-0.1, -0.05) is 19.3 Å². The number of hydrogen-bond donors (Lipinski definition) is 1. The van der Waals surface area contributed by atoms with Crippen molar-refractivity contribution in [1.29, 1.82) is 0 Å². The molecule has 0 bridgehead atoms. The van der Waals surface area contributed by atoms with Gasteiger partial charge < -0.3 is 14.7 Å². The first-order chi connectivity index (χ1) is 12.2. The molecule has 1 amide bonds. The van der Waals surface area contributed by atoms with Crippen molar-refractivity contribution < 1.29 is 14.6 Å². The average Bonchev–Trinajstić information content (AvgIpc) is 3.35. The highest BCUT2D eigenvalue weighted by Gasteiger charge is 2.40. The summed E-state index contributed by atoms with van der Waals surface area (Å²) in [4.78, 5) is 15.2. The van der Waals surface area contributed by atoms with Crippen LogP contribution in [0.15, 0.2) is 6.20 Å². The fourth-order valence-corrected chi connectivity index (χ4v) is 4.95. The maximum Gasteiger partial charge on any atom is 0.257 e. The number of carbonyl (C=O) groups is 1. The van der Waals surface area contributed by atoms with Crippen molar-refractivity contribution in [3.05, 3.63) is 17.5 Å². The van der Waals surface area contributed by atoms with E-state index in [9.17, 15) is 9.90 Å². The number of nitrogens with zero attached hydrogens (tertiary/aromatic N) is 3. The largest absolute Gasteiger partial charge is 0.393 e. The van der Waals surface area contributed by atoms with E-state index in [2.05, 4.69) is 9.78 Å². The Labute approximate surface area is 149 Å². The Hall–Kier alpha value is -1.40. The zero-order valence-corrected chi connectivity index (χ0v) is 15.1. The molecule has 2 aliphatic carbocycles. The number of amides is 1. The summed E-state index contributed by atoms with van der Waals surface area (Å²) in [7, 11) is 0. The Kier molecular flexibility index (Phi) is 4.82. The van der Waals surface area contributed by atoms with Gasteiger partial charge in [0.15, 0.2) is 0 Å². The van der Waals surface area contributed by atoms with Crippen molar-refractivity contribution in [3.63, 3.8) is 0 Å². The molecule has 3 fully saturated rings. The summed E-state index contributed by atoms with van der Waals surface area (Å²) < 4.78 is 7.71. The molecule has 1 N–H and O–H groups in total. The Bertz CT molecular complexity index is 623. The molecule has 1 aliphatic heterocycles. The van der Waals surface area contributed by atoms with E-state index in [-0.39, 0.29) is 24.0 Å². The van der Waals surface area contributed by atoms with Crippen molar-refractivity contribution in [3.8, 4) is 0 Å². The second-order valence-corrected chi connectivity index (χ2v) is 7.83. The van der Waals surface area contributed by atoms with Gasteiger partial charge in [0.25, 0.3) is 5.91 Å². The molecule has 4 rings (SSSR count). The lowest BCUT2D eigenvalue weighted by Gasteiger charge is -2.40. The molecule has 25 heavy (non-hydrogen) atoms. The topological polar surface area (TPSA) is 67.6 Å². The van der Waals surface area contributed by atoms with E-state index in [4.69, 9.17) is 4.74 Å². The molecule has 2 saturated carbocycles. The second-order valence-electron chi connectivity index (χ2n) is 7.83. The lowest BCUT2D eigenvalue weighted by Crippen LogP contribution is -2.53. The monoisotopic (exact) mass is 347 g/mol. The predicted octanol–water partition coefficient (Wildman–Crippen LogP) is 2.31. The first-order valence-corrected chi connectivity index (χ1v) is 9.77. The maximum absolute atomic E-state index is 13.3. The van der Waals surface area contributed by atoms with Gasteiger partial charge in [0.05, 0.1) is 43.2 Å². The van der Waals surface area contributed by atoms with Crippen LogP contribution in [0.3, 0.4) is 0 Å². The fourth-order valence-electron chi connectivity index (χ4n) is 4.95. The van der Waals surface area contributed by atoms with E-state index in [1.807, 2.05) is 11.8 Å². The van der Waals surface area contributed by atoms with Gasteiger partial charge in [-0.2, -0.15) is 5.10 Å². The van der Waals surface area contributed by atoms with Crippen LogP contribution in [0.2, 0.25) is 0 Å². The van der Waals surface area contributed by atoms with Crippen LogP contribution < -0.4 is 0 Å². The molecule has 2 heterocycles. The number of morpholine rings is 1. The molecule has 0 aromatic carbocycles. The third kappa shape index (κ3) is 3.10. The van der Waals surface area contributed by atoms with Crippen LogP contribution in [-0.4, -0.2) is 57.6 Å². The van der Waals surface area contributed by atoms with Crippen molar-refractivity contribution in [2.75, 3.05) is 19.8 Å². The molecule has 6 heteroatoms. The van der Waals surface area contributed by atoms with Gasteiger partial charge in [0, 0.05) is 18.2 Å². The molecule has 1 aromatic rings. The molecule has 3 atom stereocenters. The first-order valence-electron chi connectivity index (χ1n) is 9.77. The van der Waals surface area contributed by atoms with Gasteiger partial charge in [-0.15, -0.1) is 0 Å². The lowest BCUT2D eigenvalue weighted by atomic mass is 9.93. The van der Waals surface area contributed by atoms with E-state index in [1.54, 1.807) is 6.20 Å². The van der Waals surface area contributed by atoms with Gasteiger partial charge in [-0.3, -0.25) is 9.48 Å². The third-order valence-electron chi connectivity index (χ3n) is 6.40. The highest BCUT2D eigenvalue weighted by Crippen LogP contribution is 2.34. The van der Waals surface area contributed by atoms with Crippen LogP contribution in [0.25, 0.3) is 0 Å². The number of aliphatic hydroxyl groups is 1. The Balaban J connectivity index is 1.56. The summed E-state index contributed by atoms with van der Waals surface area (Å²) in [5.74, 6) is 0.184. The van der Waals surface area contributed by atoms with E-state index in [0.717, 1.165) is 37.8 Å². The predicted molar refractivity (Wildman–Crippen MR) is 93.5 cm³/mol. The standard InChI is InChI=1S/C19H29N3O3/c1-13-16(11-20-22(13)14-5-2-3-6-14)19(24)21-9-10-25-12-17(21)15-7-4-8-18(15)23/h11,14-15,17-18,23H,2-10,12H2,1H3/t15-,17+,18-/m0/s1. The lowest BCUT2D eigenvalue weighted by molar-refractivity contribution is -0.0383. The molecule has 0 spiro atoms. The van der Waals surface area contributed by atoms with E-state index < -0.39 is 0 Å². The van der Waals surface area contributed by atoms with Gasteiger partial charge >= 0.3 is 0 Å². The summed E-state index contributed by atoms with van der Waals surface area (Å²) in [5, 5.41) is 14.8. The number of rotatable bonds is 3. The highest BCUT2D eigenvalue weighted by atomic mass is 16.5. The van der Waals surface area contributed by atoms with Crippen molar-refractivity contribution >= 4 is 5.91 Å². The van der Waals surface area contributed by atoms with Gasteiger partial charge in [-0.05, 0) is 32.6 Å². The Morgan fingerprint density at radius 2 is 2.04 bits per heavy atom. The van der Waals surface area contributed by atoms with Gasteiger partial charge in [0.2, 0.25) is 0 Å². The first kappa shape index (κ1) is 17.0. The van der Waals surface area contributed by atoms with Crippen molar-refractivity contribution in [2.45, 2.75) is 70.1 Å². The Morgan fingerprint density at radius 1 is 1.24 bits per heavy atom. The second kappa shape index (κ2) is 7.08. The molecule has 138 valence electrons. The number of aromatic nitrogens is 2. The Morgan fingerprint density at radius 3 is 2.76 bits per heavy atom. The third-order valence-corrected chi connectivity index (χ3v) is 6.40. The molecular formula is C19H29N3O3. The number of carbonyl (C=O) groups excluding carboxylic acids is 1. The zero-order chi connectivity index (χ0) is 17.4. The van der Waals surface area contributed by atoms with E-state index >= 15 is 0 Å². The molecular weight excluding hydrogens is 318 g/mol. The van der Waals surface area contributed by atoms with E-state index in [1.165, 1.54) is 12.8 Å². The molecule has 6 nitrogen and oxygen atoms in total. The summed E-state index contributed by atoms with van der Waals surface area (Å²) in [5.41, 5.74) is 1.69. The highest BCUT2D eigenvalue weighted by molar-refractivity contribution is 5.95. The zero-order valence-electron chi connectivity index (χ0n) is 15.1. The molecule has 1 saturated heterocycles. The smallest absolute Gasteiger partial charge is 0.257 e. The van der Waals surface area contributed by atoms with Crippen LogP contribution in [0.5, 0.6) is 0 Å². The normalized spacial score (nSPS) is 31.0. The summed E-state index contributed by atoms with van der Waals surface area (Å²) in [6.45, 7) is 3.71. The minimum absolute atomic E-state index is 0.0204. The van der Waals surface area contributed by atoms with Gasteiger partial charge in [0.1, 0.15) is 0 Å². The molecule has 0 unspecified atom stereocenters. The quantitative estimate of drug-likeness (QED) is 0.911. The number of ether oxygens (including phenoxy) is 1. The minimum Gasteiger partial charge on any atom is -0.393 e. The number of hydrogen-bond acceptors (Lipinski definition) is 4. The summed E-state index contributed by atoms with van der Waals surface area (Å²) in [6.07, 6.45) is 9.08. The van der Waals surface area contributed by atoms with Crippen molar-refractivity contribution in [2.24, 2.45) is 5.92 Å².